The predicted octanol–water partition coefficient (Wildman–Crippen LogP) is 2.63. The van der Waals surface area contributed by atoms with Crippen LogP contribution in [-0.4, -0.2) is 29.6 Å². The summed E-state index contributed by atoms with van der Waals surface area (Å²) < 4.78 is 10.8. The summed E-state index contributed by atoms with van der Waals surface area (Å²) in [6.07, 6.45) is 1.32. The Balaban J connectivity index is 1.63. The van der Waals surface area contributed by atoms with Gasteiger partial charge in [0.15, 0.2) is 5.76 Å². The number of benzene rings is 1. The van der Waals surface area contributed by atoms with Crippen LogP contribution >= 0.6 is 0 Å². The molecule has 6 nitrogen and oxygen atoms in total. The Morgan fingerprint density at radius 3 is 2.52 bits per heavy atom. The van der Waals surface area contributed by atoms with Crippen LogP contribution in [0.2, 0.25) is 0 Å². The first kappa shape index (κ1) is 15.3. The summed E-state index contributed by atoms with van der Waals surface area (Å²) in [6, 6.07) is 12.5. The minimum Gasteiger partial charge on any atom is -0.475 e. The van der Waals surface area contributed by atoms with E-state index in [1.165, 1.54) is 12.1 Å². The van der Waals surface area contributed by atoms with Gasteiger partial charge in [-0.15, -0.1) is 0 Å². The summed E-state index contributed by atoms with van der Waals surface area (Å²) in [6.45, 7) is 0.559. The molecular weight excluding hydrogens is 298 g/mol. The number of carbonyl (C=O) groups excluding carboxylic acids is 1. The Kier molecular flexibility index (Phi) is 4.43. The van der Waals surface area contributed by atoms with E-state index in [4.69, 9.17) is 14.3 Å². The zero-order chi connectivity index (χ0) is 16.2. The molecule has 2 unspecified atom stereocenters. The number of carboxylic acid groups (broad SMARTS) is 1. The minimum atomic E-state index is -1.20. The van der Waals surface area contributed by atoms with Crippen LogP contribution in [0, 0.1) is 0 Å². The summed E-state index contributed by atoms with van der Waals surface area (Å²) in [5.74, 6) is -1.84. The number of amides is 1. The van der Waals surface area contributed by atoms with Crippen molar-refractivity contribution in [2.45, 2.75) is 25.0 Å². The maximum atomic E-state index is 12.2. The summed E-state index contributed by atoms with van der Waals surface area (Å²) in [5.41, 5.74) is 1.08. The SMILES string of the molecule is O=C(O)c1ccc(C(=O)NC2CCOC(c3ccccc3)C2)o1. The minimum absolute atomic E-state index is 0.00477. The summed E-state index contributed by atoms with van der Waals surface area (Å²) in [5, 5.41) is 11.7. The molecule has 2 atom stereocenters. The third-order valence-electron chi connectivity index (χ3n) is 3.83. The van der Waals surface area contributed by atoms with E-state index < -0.39 is 11.9 Å². The Labute approximate surface area is 133 Å². The molecule has 2 heterocycles. The fraction of sp³-hybridized carbons (Fsp3) is 0.294. The van der Waals surface area contributed by atoms with Gasteiger partial charge < -0.3 is 19.6 Å². The summed E-state index contributed by atoms with van der Waals surface area (Å²) >= 11 is 0. The van der Waals surface area contributed by atoms with Gasteiger partial charge in [-0.05, 0) is 30.5 Å². The Hall–Kier alpha value is -2.60. The van der Waals surface area contributed by atoms with E-state index in [2.05, 4.69) is 5.32 Å². The molecule has 1 aliphatic rings. The van der Waals surface area contributed by atoms with Crippen molar-refractivity contribution in [2.24, 2.45) is 0 Å². The third-order valence-corrected chi connectivity index (χ3v) is 3.83. The van der Waals surface area contributed by atoms with Gasteiger partial charge in [0.1, 0.15) is 0 Å². The van der Waals surface area contributed by atoms with Crippen molar-refractivity contribution in [3.8, 4) is 0 Å². The van der Waals surface area contributed by atoms with Crippen LogP contribution in [0.25, 0.3) is 0 Å². The molecule has 0 bridgehead atoms. The maximum absolute atomic E-state index is 12.2. The zero-order valence-corrected chi connectivity index (χ0v) is 12.4. The van der Waals surface area contributed by atoms with Gasteiger partial charge in [-0.2, -0.15) is 0 Å². The summed E-state index contributed by atoms with van der Waals surface area (Å²) in [7, 11) is 0. The number of hydrogen-bond acceptors (Lipinski definition) is 4. The fourth-order valence-corrected chi connectivity index (χ4v) is 2.66. The Morgan fingerprint density at radius 2 is 1.83 bits per heavy atom. The average molecular weight is 315 g/mol. The molecule has 23 heavy (non-hydrogen) atoms. The lowest BCUT2D eigenvalue weighted by Gasteiger charge is -2.30. The van der Waals surface area contributed by atoms with Crippen molar-refractivity contribution in [2.75, 3.05) is 6.61 Å². The van der Waals surface area contributed by atoms with E-state index in [1.54, 1.807) is 0 Å². The van der Waals surface area contributed by atoms with Crippen LogP contribution in [-0.2, 0) is 4.74 Å². The highest BCUT2D eigenvalue weighted by Gasteiger charge is 2.26. The second kappa shape index (κ2) is 6.66. The van der Waals surface area contributed by atoms with Gasteiger partial charge in [-0.3, -0.25) is 4.79 Å². The molecule has 0 radical (unpaired) electrons. The number of nitrogens with one attached hydrogen (secondary N) is 1. The molecule has 3 rings (SSSR count). The number of aromatic carboxylic acids is 1. The first-order chi connectivity index (χ1) is 11.1. The highest BCUT2D eigenvalue weighted by atomic mass is 16.5. The number of carbonyl (C=O) groups is 2. The Morgan fingerprint density at radius 1 is 1.09 bits per heavy atom. The second-order valence-corrected chi connectivity index (χ2v) is 5.43. The molecule has 0 spiro atoms. The van der Waals surface area contributed by atoms with Crippen molar-refractivity contribution in [1.82, 2.24) is 5.32 Å². The molecule has 0 saturated carbocycles. The lowest BCUT2D eigenvalue weighted by atomic mass is 9.97. The normalized spacial score (nSPS) is 20.9. The van der Waals surface area contributed by atoms with Gasteiger partial charge in [0, 0.05) is 12.6 Å². The van der Waals surface area contributed by atoms with E-state index in [0.29, 0.717) is 19.4 Å². The van der Waals surface area contributed by atoms with Crippen LogP contribution in [0.1, 0.15) is 45.6 Å². The lowest BCUT2D eigenvalue weighted by Crippen LogP contribution is -2.39. The highest BCUT2D eigenvalue weighted by Crippen LogP contribution is 2.28. The second-order valence-electron chi connectivity index (χ2n) is 5.43. The van der Waals surface area contributed by atoms with Crippen LogP contribution in [0.15, 0.2) is 46.9 Å². The van der Waals surface area contributed by atoms with Crippen molar-refractivity contribution >= 4 is 11.9 Å². The van der Waals surface area contributed by atoms with Gasteiger partial charge in [0.05, 0.1) is 6.10 Å². The standard InChI is InChI=1S/C17H17NO5/c19-16(13-6-7-14(23-13)17(20)21)18-12-8-9-22-15(10-12)11-4-2-1-3-5-11/h1-7,12,15H,8-10H2,(H,18,19)(H,20,21). The number of ether oxygens (including phenoxy) is 1. The maximum Gasteiger partial charge on any atom is 0.371 e. The topological polar surface area (TPSA) is 88.8 Å². The van der Waals surface area contributed by atoms with E-state index in [0.717, 1.165) is 5.56 Å². The lowest BCUT2D eigenvalue weighted by molar-refractivity contribution is 0.000710. The van der Waals surface area contributed by atoms with Gasteiger partial charge in [-0.25, -0.2) is 4.79 Å². The van der Waals surface area contributed by atoms with Crippen molar-refractivity contribution in [3.63, 3.8) is 0 Å². The molecule has 1 aromatic heterocycles. The number of furan rings is 1. The van der Waals surface area contributed by atoms with E-state index in [-0.39, 0.29) is 23.7 Å². The molecule has 120 valence electrons. The monoisotopic (exact) mass is 315 g/mol. The van der Waals surface area contributed by atoms with E-state index in [9.17, 15) is 9.59 Å². The van der Waals surface area contributed by atoms with E-state index in [1.807, 2.05) is 30.3 Å². The van der Waals surface area contributed by atoms with E-state index >= 15 is 0 Å². The van der Waals surface area contributed by atoms with Crippen LogP contribution in [0.4, 0.5) is 0 Å². The van der Waals surface area contributed by atoms with Crippen LogP contribution < -0.4 is 5.32 Å². The van der Waals surface area contributed by atoms with Gasteiger partial charge in [-0.1, -0.05) is 30.3 Å². The molecular formula is C17H17NO5. The van der Waals surface area contributed by atoms with Crippen molar-refractivity contribution < 1.29 is 23.8 Å². The van der Waals surface area contributed by atoms with Gasteiger partial charge >= 0.3 is 5.97 Å². The Bertz CT molecular complexity index is 694. The van der Waals surface area contributed by atoms with Gasteiger partial charge in [0.25, 0.3) is 5.91 Å². The molecule has 6 heteroatoms. The molecule has 1 aliphatic heterocycles. The zero-order valence-electron chi connectivity index (χ0n) is 12.4. The highest BCUT2D eigenvalue weighted by molar-refractivity contribution is 5.93. The van der Waals surface area contributed by atoms with Crippen molar-refractivity contribution in [3.05, 3.63) is 59.5 Å². The summed E-state index contributed by atoms with van der Waals surface area (Å²) in [4.78, 5) is 22.9. The molecule has 2 aromatic rings. The molecule has 1 aromatic carbocycles. The number of rotatable bonds is 4. The molecule has 0 aliphatic carbocycles. The average Bonchev–Trinajstić information content (AvgIpc) is 3.06. The third kappa shape index (κ3) is 3.60. The van der Waals surface area contributed by atoms with Gasteiger partial charge in [0.2, 0.25) is 5.76 Å². The molecule has 1 fully saturated rings. The predicted molar refractivity (Wildman–Crippen MR) is 81.3 cm³/mol. The number of hydrogen-bond donors (Lipinski definition) is 2. The molecule has 2 N–H and O–H groups in total. The van der Waals surface area contributed by atoms with Crippen LogP contribution in [0.5, 0.6) is 0 Å². The largest absolute Gasteiger partial charge is 0.475 e. The fourth-order valence-electron chi connectivity index (χ4n) is 2.66. The first-order valence-electron chi connectivity index (χ1n) is 7.44. The first-order valence-corrected chi connectivity index (χ1v) is 7.44. The number of carboxylic acids is 1. The van der Waals surface area contributed by atoms with Crippen LogP contribution in [0.3, 0.4) is 0 Å². The molecule has 1 amide bonds. The molecule has 1 saturated heterocycles. The smallest absolute Gasteiger partial charge is 0.371 e. The quantitative estimate of drug-likeness (QED) is 0.905. The van der Waals surface area contributed by atoms with Crippen molar-refractivity contribution in [1.29, 1.82) is 0 Å².